The standard InChI is InChI=1S/C13H8F3N3O2.C7H15N/c14-13(15,16)6-1-2-7(9(20)5-6)10-11-8(3-4-21-11)12(17)19-18-10;1-2-8-6-4-3-5-7-8/h1-5,20H,(H2,17,19);2-7H2,1H3. The summed E-state index contributed by atoms with van der Waals surface area (Å²) in [6.07, 6.45) is 1.12. The molecule has 4 rings (SSSR count). The van der Waals surface area contributed by atoms with Crippen LogP contribution in [0.25, 0.3) is 22.2 Å². The first-order valence-corrected chi connectivity index (χ1v) is 9.43. The second-order valence-corrected chi connectivity index (χ2v) is 6.82. The van der Waals surface area contributed by atoms with Gasteiger partial charge in [0.15, 0.2) is 11.4 Å². The van der Waals surface area contributed by atoms with Crippen molar-refractivity contribution in [2.45, 2.75) is 32.4 Å². The van der Waals surface area contributed by atoms with Crippen molar-refractivity contribution < 1.29 is 22.7 Å². The molecule has 29 heavy (non-hydrogen) atoms. The van der Waals surface area contributed by atoms with Gasteiger partial charge in [-0.2, -0.15) is 13.2 Å². The maximum absolute atomic E-state index is 12.6. The number of phenolic OH excluding ortho intramolecular Hbond substituents is 1. The Hall–Kier alpha value is -2.81. The maximum atomic E-state index is 12.6. The van der Waals surface area contributed by atoms with Crippen LogP contribution in [-0.4, -0.2) is 39.8 Å². The first kappa shape index (κ1) is 20.9. The zero-order valence-electron chi connectivity index (χ0n) is 16.0. The van der Waals surface area contributed by atoms with Crippen molar-refractivity contribution in [2.24, 2.45) is 0 Å². The number of benzene rings is 1. The molecule has 1 aliphatic rings. The summed E-state index contributed by atoms with van der Waals surface area (Å²) in [6.45, 7) is 6.18. The lowest BCUT2D eigenvalue weighted by molar-refractivity contribution is -0.137. The highest BCUT2D eigenvalue weighted by Gasteiger charge is 2.31. The van der Waals surface area contributed by atoms with Crippen LogP contribution in [0.1, 0.15) is 31.7 Å². The van der Waals surface area contributed by atoms with E-state index in [2.05, 4.69) is 22.0 Å². The minimum absolute atomic E-state index is 0.0791. The minimum atomic E-state index is -4.54. The monoisotopic (exact) mass is 408 g/mol. The van der Waals surface area contributed by atoms with Crippen LogP contribution in [0.5, 0.6) is 5.75 Å². The number of nitrogens with two attached hydrogens (primary N) is 1. The summed E-state index contributed by atoms with van der Waals surface area (Å²) in [7, 11) is 0. The molecule has 3 heterocycles. The van der Waals surface area contributed by atoms with E-state index in [1.807, 2.05) is 0 Å². The number of furan rings is 1. The van der Waals surface area contributed by atoms with Gasteiger partial charge in [-0.1, -0.05) is 13.3 Å². The number of aromatic hydroxyl groups is 1. The molecule has 0 aliphatic carbocycles. The molecule has 0 amide bonds. The highest BCUT2D eigenvalue weighted by Crippen LogP contribution is 2.38. The number of hydrogen-bond acceptors (Lipinski definition) is 6. The number of alkyl halides is 3. The number of aromatic nitrogens is 2. The number of likely N-dealkylation sites (tertiary alicyclic amines) is 1. The number of nitrogens with zero attached hydrogens (tertiary/aromatic N) is 3. The van der Waals surface area contributed by atoms with E-state index in [1.54, 1.807) is 6.07 Å². The fourth-order valence-corrected chi connectivity index (χ4v) is 3.26. The third-order valence-corrected chi connectivity index (χ3v) is 4.89. The molecule has 0 saturated carbocycles. The van der Waals surface area contributed by atoms with Crippen molar-refractivity contribution in [3.8, 4) is 17.0 Å². The molecular weight excluding hydrogens is 385 g/mol. The van der Waals surface area contributed by atoms with Crippen molar-refractivity contribution in [1.29, 1.82) is 0 Å². The minimum Gasteiger partial charge on any atom is -0.507 e. The SMILES string of the molecule is CCN1CCCCC1.Nc1nnc(-c2ccc(C(F)(F)F)cc2O)c2occc12. The Morgan fingerprint density at radius 1 is 1.14 bits per heavy atom. The van der Waals surface area contributed by atoms with Gasteiger partial charge in [-0.05, 0) is 56.7 Å². The van der Waals surface area contributed by atoms with E-state index >= 15 is 0 Å². The second-order valence-electron chi connectivity index (χ2n) is 6.82. The molecule has 0 spiro atoms. The van der Waals surface area contributed by atoms with Crippen molar-refractivity contribution in [3.05, 3.63) is 36.1 Å². The summed E-state index contributed by atoms with van der Waals surface area (Å²) in [6, 6.07) is 4.15. The van der Waals surface area contributed by atoms with Crippen molar-refractivity contribution in [1.82, 2.24) is 15.1 Å². The quantitative estimate of drug-likeness (QED) is 0.640. The van der Waals surface area contributed by atoms with Crippen LogP contribution < -0.4 is 5.73 Å². The van der Waals surface area contributed by atoms with E-state index in [1.165, 1.54) is 45.2 Å². The number of anilines is 1. The zero-order valence-corrected chi connectivity index (χ0v) is 16.0. The normalized spacial score (nSPS) is 15.2. The van der Waals surface area contributed by atoms with Gasteiger partial charge < -0.3 is 20.2 Å². The number of hydrogen-bond donors (Lipinski definition) is 2. The van der Waals surface area contributed by atoms with Crippen LogP contribution in [0.4, 0.5) is 19.0 Å². The number of nitrogen functional groups attached to an aromatic ring is 1. The molecule has 0 atom stereocenters. The van der Waals surface area contributed by atoms with Crippen LogP contribution >= 0.6 is 0 Å². The Morgan fingerprint density at radius 2 is 1.86 bits per heavy atom. The van der Waals surface area contributed by atoms with Crippen molar-refractivity contribution >= 4 is 16.8 Å². The fraction of sp³-hybridized carbons (Fsp3) is 0.400. The van der Waals surface area contributed by atoms with Gasteiger partial charge in [-0.25, -0.2) is 0 Å². The predicted molar refractivity (Wildman–Crippen MR) is 104 cm³/mol. The van der Waals surface area contributed by atoms with E-state index in [4.69, 9.17) is 10.2 Å². The lowest BCUT2D eigenvalue weighted by Crippen LogP contribution is -2.29. The third kappa shape index (κ3) is 4.79. The Labute approximate surface area is 166 Å². The summed E-state index contributed by atoms with van der Waals surface area (Å²) in [5, 5.41) is 17.8. The number of fused-ring (bicyclic) bond motifs is 1. The first-order valence-electron chi connectivity index (χ1n) is 9.43. The molecule has 156 valence electrons. The Balaban J connectivity index is 0.000000252. The molecule has 1 saturated heterocycles. The topological polar surface area (TPSA) is 88.4 Å². The molecule has 3 aromatic rings. The van der Waals surface area contributed by atoms with Gasteiger partial charge in [0.05, 0.1) is 17.2 Å². The maximum Gasteiger partial charge on any atom is 0.416 e. The molecule has 1 fully saturated rings. The Morgan fingerprint density at radius 3 is 2.45 bits per heavy atom. The summed E-state index contributed by atoms with van der Waals surface area (Å²) in [5.74, 6) is -0.435. The van der Waals surface area contributed by atoms with E-state index in [-0.39, 0.29) is 22.7 Å². The largest absolute Gasteiger partial charge is 0.507 e. The highest BCUT2D eigenvalue weighted by molar-refractivity contribution is 5.96. The second kappa shape index (κ2) is 8.69. The van der Waals surface area contributed by atoms with E-state index in [9.17, 15) is 18.3 Å². The third-order valence-electron chi connectivity index (χ3n) is 4.89. The van der Waals surface area contributed by atoms with E-state index < -0.39 is 17.5 Å². The van der Waals surface area contributed by atoms with Crippen molar-refractivity contribution in [3.63, 3.8) is 0 Å². The summed E-state index contributed by atoms with van der Waals surface area (Å²) < 4.78 is 43.0. The van der Waals surface area contributed by atoms with Gasteiger partial charge in [0.2, 0.25) is 0 Å². The van der Waals surface area contributed by atoms with Crippen LogP contribution in [-0.2, 0) is 6.18 Å². The molecule has 1 aromatic carbocycles. The lowest BCUT2D eigenvalue weighted by Gasteiger charge is -2.24. The number of piperidine rings is 1. The van der Waals surface area contributed by atoms with E-state index in [0.29, 0.717) is 11.5 Å². The first-order chi connectivity index (χ1) is 13.8. The molecule has 1 aliphatic heterocycles. The van der Waals surface area contributed by atoms with E-state index in [0.717, 1.165) is 12.1 Å². The van der Waals surface area contributed by atoms with Gasteiger partial charge in [0, 0.05) is 5.56 Å². The summed E-state index contributed by atoms with van der Waals surface area (Å²) in [4.78, 5) is 2.52. The van der Waals surface area contributed by atoms with Crippen LogP contribution in [0.2, 0.25) is 0 Å². The molecule has 0 unspecified atom stereocenters. The molecule has 6 nitrogen and oxygen atoms in total. The summed E-state index contributed by atoms with van der Waals surface area (Å²) in [5.41, 5.74) is 5.11. The van der Waals surface area contributed by atoms with Gasteiger partial charge >= 0.3 is 6.18 Å². The Kier molecular flexibility index (Phi) is 6.26. The molecule has 0 radical (unpaired) electrons. The van der Waals surface area contributed by atoms with Crippen LogP contribution in [0.15, 0.2) is 34.9 Å². The van der Waals surface area contributed by atoms with Crippen molar-refractivity contribution in [2.75, 3.05) is 25.4 Å². The number of halogens is 3. The highest BCUT2D eigenvalue weighted by atomic mass is 19.4. The van der Waals surface area contributed by atoms with Crippen LogP contribution in [0.3, 0.4) is 0 Å². The van der Waals surface area contributed by atoms with Crippen LogP contribution in [0, 0.1) is 0 Å². The zero-order chi connectivity index (χ0) is 21.0. The molecule has 2 aromatic heterocycles. The molecule has 3 N–H and O–H groups in total. The summed E-state index contributed by atoms with van der Waals surface area (Å²) >= 11 is 0. The number of rotatable bonds is 2. The van der Waals surface area contributed by atoms with Gasteiger partial charge in [-0.3, -0.25) is 0 Å². The fourth-order valence-electron chi connectivity index (χ4n) is 3.26. The van der Waals surface area contributed by atoms with Gasteiger partial charge in [0.1, 0.15) is 11.4 Å². The lowest BCUT2D eigenvalue weighted by atomic mass is 10.1. The van der Waals surface area contributed by atoms with Gasteiger partial charge in [0.25, 0.3) is 0 Å². The smallest absolute Gasteiger partial charge is 0.416 e. The Bertz CT molecular complexity index is 966. The molecule has 9 heteroatoms. The predicted octanol–water partition coefficient (Wildman–Crippen LogP) is 4.69. The molecular formula is C20H23F3N4O2. The van der Waals surface area contributed by atoms with Gasteiger partial charge in [-0.15, -0.1) is 10.2 Å². The number of phenols is 1. The average molecular weight is 408 g/mol. The average Bonchev–Trinajstić information content (AvgIpc) is 3.20. The molecule has 0 bridgehead atoms.